The first-order valence-corrected chi connectivity index (χ1v) is 9.55. The molecule has 0 spiro atoms. The van der Waals surface area contributed by atoms with Gasteiger partial charge in [0.25, 0.3) is 0 Å². The quantitative estimate of drug-likeness (QED) is 0.228. The molecule has 1 aromatic carbocycles. The van der Waals surface area contributed by atoms with Crippen molar-refractivity contribution in [2.45, 2.75) is 33.2 Å². The number of rotatable bonds is 10. The lowest BCUT2D eigenvalue weighted by Crippen LogP contribution is -2.37. The number of nitrogens with zero attached hydrogens (tertiary/aromatic N) is 1. The smallest absolute Gasteiger partial charge is 0.191 e. The summed E-state index contributed by atoms with van der Waals surface area (Å²) in [7, 11) is 1.79. The first kappa shape index (κ1) is 24.0. The van der Waals surface area contributed by atoms with E-state index in [1.165, 1.54) is 5.56 Å². The Bertz CT molecular complexity index is 563. The fraction of sp³-hybridized carbons (Fsp3) is 0.650. The second-order valence-electron chi connectivity index (χ2n) is 6.54. The van der Waals surface area contributed by atoms with Crippen molar-refractivity contribution in [3.8, 4) is 5.75 Å². The summed E-state index contributed by atoms with van der Waals surface area (Å²) in [6, 6.07) is 6.25. The number of nitrogens with one attached hydrogen (secondary N) is 2. The minimum Gasteiger partial charge on any atom is -0.494 e. The van der Waals surface area contributed by atoms with E-state index >= 15 is 0 Å². The Hall–Kier alpha value is -1.06. The van der Waals surface area contributed by atoms with Crippen molar-refractivity contribution in [1.82, 2.24) is 10.6 Å². The van der Waals surface area contributed by atoms with Gasteiger partial charge in [-0.25, -0.2) is 0 Å². The lowest BCUT2D eigenvalue weighted by molar-refractivity contribution is 0.0888. The van der Waals surface area contributed by atoms with Gasteiger partial charge >= 0.3 is 0 Å². The molecule has 1 aromatic rings. The molecule has 1 unspecified atom stereocenters. The molecule has 0 radical (unpaired) electrons. The molecular formula is C20H34IN3O3. The Kier molecular flexibility index (Phi) is 12.4. The lowest BCUT2D eigenvalue weighted by Gasteiger charge is -2.14. The molecule has 1 atom stereocenters. The third kappa shape index (κ3) is 9.12. The molecule has 27 heavy (non-hydrogen) atoms. The highest BCUT2D eigenvalue weighted by Gasteiger charge is 2.15. The van der Waals surface area contributed by atoms with Crippen molar-refractivity contribution in [3.63, 3.8) is 0 Å². The fourth-order valence-electron chi connectivity index (χ4n) is 2.89. The van der Waals surface area contributed by atoms with E-state index in [0.29, 0.717) is 12.5 Å². The van der Waals surface area contributed by atoms with Crippen molar-refractivity contribution in [1.29, 1.82) is 0 Å². The van der Waals surface area contributed by atoms with E-state index < -0.39 is 0 Å². The highest BCUT2D eigenvalue weighted by molar-refractivity contribution is 14.0. The van der Waals surface area contributed by atoms with Crippen LogP contribution in [0, 0.1) is 12.8 Å². The van der Waals surface area contributed by atoms with Gasteiger partial charge in [0.1, 0.15) is 5.75 Å². The number of guanidine groups is 1. The molecule has 1 heterocycles. The van der Waals surface area contributed by atoms with Crippen molar-refractivity contribution in [3.05, 3.63) is 29.3 Å². The first-order chi connectivity index (χ1) is 12.7. The zero-order chi connectivity index (χ0) is 18.6. The third-order valence-electron chi connectivity index (χ3n) is 4.36. The molecular weight excluding hydrogens is 457 g/mol. The second kappa shape index (κ2) is 14.0. The van der Waals surface area contributed by atoms with E-state index in [-0.39, 0.29) is 24.0 Å². The summed E-state index contributed by atoms with van der Waals surface area (Å²) in [5.41, 5.74) is 2.36. The Morgan fingerprint density at radius 3 is 2.85 bits per heavy atom. The van der Waals surface area contributed by atoms with Crippen LogP contribution in [0.3, 0.4) is 0 Å². The zero-order valence-corrected chi connectivity index (χ0v) is 19.1. The topological polar surface area (TPSA) is 64.1 Å². The van der Waals surface area contributed by atoms with E-state index in [1.54, 1.807) is 7.05 Å². The van der Waals surface area contributed by atoms with Gasteiger partial charge in [-0.15, -0.1) is 24.0 Å². The van der Waals surface area contributed by atoms with Crippen molar-refractivity contribution < 1.29 is 14.2 Å². The first-order valence-electron chi connectivity index (χ1n) is 9.55. The maximum Gasteiger partial charge on any atom is 0.191 e. The molecule has 154 valence electrons. The lowest BCUT2D eigenvalue weighted by atomic mass is 10.1. The summed E-state index contributed by atoms with van der Waals surface area (Å²) >= 11 is 0. The fourth-order valence-corrected chi connectivity index (χ4v) is 2.89. The minimum atomic E-state index is 0. The maximum absolute atomic E-state index is 5.71. The molecule has 0 aromatic heterocycles. The van der Waals surface area contributed by atoms with Crippen molar-refractivity contribution in [2.24, 2.45) is 10.9 Å². The van der Waals surface area contributed by atoms with Gasteiger partial charge in [-0.2, -0.15) is 0 Å². The molecule has 1 aliphatic rings. The van der Waals surface area contributed by atoms with Gasteiger partial charge in [0.15, 0.2) is 5.96 Å². The summed E-state index contributed by atoms with van der Waals surface area (Å²) in [6.07, 6.45) is 2.08. The van der Waals surface area contributed by atoms with E-state index in [0.717, 1.165) is 69.6 Å². The average molecular weight is 491 g/mol. The molecule has 2 rings (SSSR count). The zero-order valence-electron chi connectivity index (χ0n) is 16.8. The van der Waals surface area contributed by atoms with Gasteiger partial charge in [-0.3, -0.25) is 4.99 Å². The van der Waals surface area contributed by atoms with Crippen LogP contribution in [0.15, 0.2) is 23.2 Å². The monoisotopic (exact) mass is 491 g/mol. The molecule has 0 saturated carbocycles. The largest absolute Gasteiger partial charge is 0.494 e. The number of benzene rings is 1. The van der Waals surface area contributed by atoms with Gasteiger partial charge in [-0.05, 0) is 43.9 Å². The van der Waals surface area contributed by atoms with Crippen LogP contribution in [-0.4, -0.2) is 52.6 Å². The van der Waals surface area contributed by atoms with Gasteiger partial charge in [0.05, 0.1) is 19.8 Å². The predicted molar refractivity (Wildman–Crippen MR) is 120 cm³/mol. The molecule has 1 fully saturated rings. The number of hydrogen-bond acceptors (Lipinski definition) is 4. The Morgan fingerprint density at radius 1 is 1.33 bits per heavy atom. The highest BCUT2D eigenvalue weighted by Crippen LogP contribution is 2.19. The number of halogens is 1. The number of ether oxygens (including phenoxy) is 3. The summed E-state index contributed by atoms with van der Waals surface area (Å²) in [4.78, 5) is 4.27. The van der Waals surface area contributed by atoms with Crippen LogP contribution in [0.1, 0.15) is 30.9 Å². The third-order valence-corrected chi connectivity index (χ3v) is 4.36. The van der Waals surface area contributed by atoms with Crippen LogP contribution in [0.25, 0.3) is 0 Å². The van der Waals surface area contributed by atoms with E-state index in [9.17, 15) is 0 Å². The molecule has 0 bridgehead atoms. The van der Waals surface area contributed by atoms with Gasteiger partial charge in [0.2, 0.25) is 0 Å². The van der Waals surface area contributed by atoms with Crippen LogP contribution in [0.2, 0.25) is 0 Å². The molecule has 2 N–H and O–H groups in total. The van der Waals surface area contributed by atoms with Crippen LogP contribution >= 0.6 is 24.0 Å². The van der Waals surface area contributed by atoms with Gasteiger partial charge in [0, 0.05) is 39.3 Å². The molecule has 7 heteroatoms. The van der Waals surface area contributed by atoms with Crippen molar-refractivity contribution >= 4 is 29.9 Å². The summed E-state index contributed by atoms with van der Waals surface area (Å²) in [5, 5.41) is 6.66. The Morgan fingerprint density at radius 2 is 2.19 bits per heavy atom. The standard InChI is InChI=1S/C20H33N3O3.HI/c1-4-26-19-7-6-17(12-16(19)2)13-23-20(21-3)22-9-5-10-24-14-18-8-11-25-15-18;/h6-7,12,18H,4-5,8-11,13-15H2,1-3H3,(H2,21,22,23);1H. The molecule has 1 saturated heterocycles. The molecule has 1 aliphatic heterocycles. The van der Waals surface area contributed by atoms with Gasteiger partial charge in [-0.1, -0.05) is 12.1 Å². The highest BCUT2D eigenvalue weighted by atomic mass is 127. The summed E-state index contributed by atoms with van der Waals surface area (Å²) in [6.45, 7) is 9.62. The van der Waals surface area contributed by atoms with E-state index in [4.69, 9.17) is 14.2 Å². The number of aryl methyl sites for hydroxylation is 1. The van der Waals surface area contributed by atoms with Crippen molar-refractivity contribution in [2.75, 3.05) is 46.6 Å². The minimum absolute atomic E-state index is 0. The summed E-state index contributed by atoms with van der Waals surface area (Å²) in [5.74, 6) is 2.33. The van der Waals surface area contributed by atoms with Crippen LogP contribution < -0.4 is 15.4 Å². The van der Waals surface area contributed by atoms with Gasteiger partial charge < -0.3 is 24.8 Å². The average Bonchev–Trinajstić information content (AvgIpc) is 3.16. The SMILES string of the molecule is CCOc1ccc(CNC(=NC)NCCCOCC2CCOC2)cc1C.I. The molecule has 0 aliphatic carbocycles. The summed E-state index contributed by atoms with van der Waals surface area (Å²) < 4.78 is 16.6. The Balaban J connectivity index is 0.00000364. The molecule has 6 nitrogen and oxygen atoms in total. The van der Waals surface area contributed by atoms with E-state index in [1.807, 2.05) is 13.0 Å². The van der Waals surface area contributed by atoms with Crippen LogP contribution in [0.4, 0.5) is 0 Å². The number of aliphatic imine (C=N–C) groups is 1. The van der Waals surface area contributed by atoms with Crippen LogP contribution in [0.5, 0.6) is 5.75 Å². The second-order valence-corrected chi connectivity index (χ2v) is 6.54. The number of hydrogen-bond donors (Lipinski definition) is 2. The Labute approximate surface area is 180 Å². The predicted octanol–water partition coefficient (Wildman–Crippen LogP) is 3.12. The maximum atomic E-state index is 5.71. The molecule has 0 amide bonds. The van der Waals surface area contributed by atoms with E-state index in [2.05, 4.69) is 34.7 Å². The normalized spacial score (nSPS) is 16.7. The van der Waals surface area contributed by atoms with Crippen LogP contribution in [-0.2, 0) is 16.0 Å².